The Bertz CT molecular complexity index is 556. The van der Waals surface area contributed by atoms with Crippen LogP contribution < -0.4 is 9.88 Å². The van der Waals surface area contributed by atoms with Crippen molar-refractivity contribution in [2.24, 2.45) is 11.1 Å². The summed E-state index contributed by atoms with van der Waals surface area (Å²) in [4.78, 5) is -0.190. The van der Waals surface area contributed by atoms with Crippen molar-refractivity contribution in [3.63, 3.8) is 0 Å². The maximum absolute atomic E-state index is 11.2. The molecule has 1 saturated carbocycles. The van der Waals surface area contributed by atoms with E-state index in [0.29, 0.717) is 18.3 Å². The summed E-state index contributed by atoms with van der Waals surface area (Å²) in [7, 11) is -3.87. The number of halogens is 2. The Balaban J connectivity index is 2.20. The molecule has 1 aliphatic carbocycles. The Kier molecular flexibility index (Phi) is 4.06. The van der Waals surface area contributed by atoms with Crippen LogP contribution >= 0.6 is 23.2 Å². The first kappa shape index (κ1) is 13.9. The summed E-state index contributed by atoms with van der Waals surface area (Å²) >= 11 is 11.8. The van der Waals surface area contributed by atoms with Gasteiger partial charge in [0.05, 0.1) is 11.6 Å². The van der Waals surface area contributed by atoms with Gasteiger partial charge in [0.25, 0.3) is 0 Å². The van der Waals surface area contributed by atoms with Crippen LogP contribution in [0.1, 0.15) is 19.3 Å². The normalized spacial score (nSPS) is 16.4. The van der Waals surface area contributed by atoms with Crippen LogP contribution in [-0.4, -0.2) is 15.0 Å². The number of rotatable bonds is 4. The van der Waals surface area contributed by atoms with Crippen molar-refractivity contribution in [1.82, 2.24) is 0 Å². The van der Waals surface area contributed by atoms with E-state index < -0.39 is 10.0 Å². The van der Waals surface area contributed by atoms with E-state index in [1.807, 2.05) is 0 Å². The number of sulfonamides is 1. The molecule has 7 heteroatoms. The molecular formula is C11H13Cl2NO3S. The summed E-state index contributed by atoms with van der Waals surface area (Å²) in [5.41, 5.74) is 0. The van der Waals surface area contributed by atoms with Crippen LogP contribution in [0.3, 0.4) is 0 Å². The fourth-order valence-electron chi connectivity index (χ4n) is 1.71. The molecule has 0 heterocycles. The molecule has 2 rings (SSSR count). The first-order chi connectivity index (χ1) is 8.39. The smallest absolute Gasteiger partial charge is 0.239 e. The predicted octanol–water partition coefficient (Wildman–Crippen LogP) is 2.82. The van der Waals surface area contributed by atoms with Gasteiger partial charge in [-0.05, 0) is 30.9 Å². The molecule has 0 bridgehead atoms. The fraction of sp³-hybridized carbons (Fsp3) is 0.455. The van der Waals surface area contributed by atoms with Crippen molar-refractivity contribution < 1.29 is 13.2 Å². The summed E-state index contributed by atoms with van der Waals surface area (Å²) < 4.78 is 28.0. The molecule has 0 amide bonds. The minimum Gasteiger partial charge on any atom is -0.492 e. The second-order valence-electron chi connectivity index (χ2n) is 4.34. The van der Waals surface area contributed by atoms with Gasteiger partial charge in [-0.15, -0.1) is 0 Å². The molecule has 1 fully saturated rings. The van der Waals surface area contributed by atoms with Gasteiger partial charge in [0.1, 0.15) is 15.7 Å². The van der Waals surface area contributed by atoms with Crippen LogP contribution in [0, 0.1) is 5.92 Å². The molecule has 0 aliphatic heterocycles. The molecule has 18 heavy (non-hydrogen) atoms. The highest BCUT2D eigenvalue weighted by Crippen LogP contribution is 2.37. The van der Waals surface area contributed by atoms with Crippen LogP contribution in [-0.2, 0) is 10.0 Å². The molecular weight excluding hydrogens is 297 g/mol. The highest BCUT2D eigenvalue weighted by atomic mass is 35.5. The number of hydrogen-bond donors (Lipinski definition) is 1. The maximum atomic E-state index is 11.2. The van der Waals surface area contributed by atoms with Crippen molar-refractivity contribution in [3.8, 4) is 5.75 Å². The van der Waals surface area contributed by atoms with Crippen molar-refractivity contribution in [1.29, 1.82) is 0 Å². The topological polar surface area (TPSA) is 69.4 Å². The van der Waals surface area contributed by atoms with Gasteiger partial charge in [-0.2, -0.15) is 0 Å². The van der Waals surface area contributed by atoms with Gasteiger partial charge in [0.15, 0.2) is 0 Å². The zero-order chi connectivity index (χ0) is 13.3. The minimum atomic E-state index is -3.87. The SMILES string of the molecule is NS(=O)(=O)c1ccc(OCC2CCC2)c(Cl)c1Cl. The molecule has 0 aromatic heterocycles. The van der Waals surface area contributed by atoms with E-state index in [4.69, 9.17) is 33.1 Å². The fourth-order valence-corrected chi connectivity index (χ4v) is 3.08. The van der Waals surface area contributed by atoms with E-state index in [-0.39, 0.29) is 14.9 Å². The molecule has 1 aromatic rings. The highest BCUT2D eigenvalue weighted by molar-refractivity contribution is 7.89. The van der Waals surface area contributed by atoms with Crippen molar-refractivity contribution in [3.05, 3.63) is 22.2 Å². The van der Waals surface area contributed by atoms with Gasteiger partial charge in [-0.1, -0.05) is 29.6 Å². The Morgan fingerprint density at radius 1 is 1.28 bits per heavy atom. The maximum Gasteiger partial charge on any atom is 0.239 e. The molecule has 1 aliphatic rings. The first-order valence-electron chi connectivity index (χ1n) is 5.53. The van der Waals surface area contributed by atoms with Gasteiger partial charge >= 0.3 is 0 Å². The zero-order valence-corrected chi connectivity index (χ0v) is 11.9. The molecule has 0 unspecified atom stereocenters. The largest absolute Gasteiger partial charge is 0.492 e. The molecule has 1 aromatic carbocycles. The lowest BCUT2D eigenvalue weighted by Crippen LogP contribution is -2.19. The Morgan fingerprint density at radius 3 is 2.44 bits per heavy atom. The van der Waals surface area contributed by atoms with E-state index in [1.165, 1.54) is 18.6 Å². The standard InChI is InChI=1S/C11H13Cl2NO3S/c12-10-8(17-6-7-2-1-3-7)4-5-9(11(10)13)18(14,15)16/h4-5,7H,1-3,6H2,(H2,14,15,16). The summed E-state index contributed by atoms with van der Waals surface area (Å²) in [6, 6.07) is 2.78. The van der Waals surface area contributed by atoms with Gasteiger partial charge in [0, 0.05) is 0 Å². The van der Waals surface area contributed by atoms with Crippen LogP contribution in [0.15, 0.2) is 17.0 Å². The van der Waals surface area contributed by atoms with Crippen molar-refractivity contribution in [2.45, 2.75) is 24.2 Å². The lowest BCUT2D eigenvalue weighted by molar-refractivity contribution is 0.180. The lowest BCUT2D eigenvalue weighted by atomic mass is 9.86. The third-order valence-corrected chi connectivity index (χ3v) is 4.95. The summed E-state index contributed by atoms with van der Waals surface area (Å²) in [5.74, 6) is 0.943. The number of nitrogens with two attached hydrogens (primary N) is 1. The minimum absolute atomic E-state index is 0.0857. The lowest BCUT2D eigenvalue weighted by Gasteiger charge is -2.25. The van der Waals surface area contributed by atoms with Crippen LogP contribution in [0.2, 0.25) is 10.0 Å². The van der Waals surface area contributed by atoms with Crippen molar-refractivity contribution >= 4 is 33.2 Å². The van der Waals surface area contributed by atoms with E-state index >= 15 is 0 Å². The number of primary sulfonamides is 1. The molecule has 0 atom stereocenters. The average molecular weight is 310 g/mol. The first-order valence-corrected chi connectivity index (χ1v) is 7.83. The zero-order valence-electron chi connectivity index (χ0n) is 9.53. The van der Waals surface area contributed by atoms with Crippen LogP contribution in [0.4, 0.5) is 0 Å². The van der Waals surface area contributed by atoms with Crippen LogP contribution in [0.5, 0.6) is 5.75 Å². The quantitative estimate of drug-likeness (QED) is 0.929. The predicted molar refractivity (Wildman–Crippen MR) is 70.7 cm³/mol. The third-order valence-electron chi connectivity index (χ3n) is 3.02. The summed E-state index contributed by atoms with van der Waals surface area (Å²) in [5, 5.41) is 5.01. The van der Waals surface area contributed by atoms with Crippen molar-refractivity contribution in [2.75, 3.05) is 6.61 Å². The Labute approximate surface area is 116 Å². The monoisotopic (exact) mass is 309 g/mol. The van der Waals surface area contributed by atoms with E-state index in [1.54, 1.807) is 0 Å². The molecule has 100 valence electrons. The second-order valence-corrected chi connectivity index (χ2v) is 6.63. The Hall–Kier alpha value is -0.490. The summed E-state index contributed by atoms with van der Waals surface area (Å²) in [6.07, 6.45) is 3.54. The second kappa shape index (κ2) is 5.25. The van der Waals surface area contributed by atoms with E-state index in [9.17, 15) is 8.42 Å². The average Bonchev–Trinajstić information content (AvgIpc) is 2.20. The van der Waals surface area contributed by atoms with Gasteiger partial charge in [-0.3, -0.25) is 0 Å². The molecule has 4 nitrogen and oxygen atoms in total. The van der Waals surface area contributed by atoms with Gasteiger partial charge in [-0.25, -0.2) is 13.6 Å². The van der Waals surface area contributed by atoms with Crippen LogP contribution in [0.25, 0.3) is 0 Å². The van der Waals surface area contributed by atoms with E-state index in [0.717, 1.165) is 12.8 Å². The number of ether oxygens (including phenoxy) is 1. The van der Waals surface area contributed by atoms with E-state index in [2.05, 4.69) is 0 Å². The van der Waals surface area contributed by atoms with Gasteiger partial charge in [0.2, 0.25) is 10.0 Å². The highest BCUT2D eigenvalue weighted by Gasteiger charge is 2.21. The Morgan fingerprint density at radius 2 is 1.94 bits per heavy atom. The summed E-state index contributed by atoms with van der Waals surface area (Å²) in [6.45, 7) is 0.574. The molecule has 0 radical (unpaired) electrons. The molecule has 0 saturated heterocycles. The molecule has 2 N–H and O–H groups in total. The third kappa shape index (κ3) is 2.91. The molecule has 0 spiro atoms. The number of hydrogen-bond acceptors (Lipinski definition) is 3. The number of benzene rings is 1. The van der Waals surface area contributed by atoms with Gasteiger partial charge < -0.3 is 4.74 Å².